The summed E-state index contributed by atoms with van der Waals surface area (Å²) in [6.45, 7) is 5.38. The summed E-state index contributed by atoms with van der Waals surface area (Å²) in [4.78, 5) is 4.32. The molecule has 0 aliphatic heterocycles. The highest BCUT2D eigenvalue weighted by atomic mass is 32.2. The third kappa shape index (κ3) is 4.58. The van der Waals surface area contributed by atoms with E-state index in [1.165, 1.54) is 18.5 Å². The molecule has 0 unspecified atom stereocenters. The smallest absolute Gasteiger partial charge is 0.200 e. The van der Waals surface area contributed by atoms with Crippen LogP contribution in [0.1, 0.15) is 26.3 Å². The first-order chi connectivity index (χ1) is 11.4. The minimum atomic E-state index is -3.47. The first-order valence-corrected chi connectivity index (χ1v) is 11.0. The topological polar surface area (TPSA) is 93.2 Å². The summed E-state index contributed by atoms with van der Waals surface area (Å²) >= 11 is 0. The van der Waals surface area contributed by atoms with Gasteiger partial charge in [0, 0.05) is 12.8 Å². The van der Waals surface area contributed by atoms with E-state index in [1.807, 2.05) is 0 Å². The van der Waals surface area contributed by atoms with Crippen molar-refractivity contribution in [3.63, 3.8) is 0 Å². The van der Waals surface area contributed by atoms with E-state index < -0.39 is 24.4 Å². The van der Waals surface area contributed by atoms with Crippen molar-refractivity contribution in [2.75, 3.05) is 11.6 Å². The third-order valence-electron chi connectivity index (χ3n) is 3.67. The Hall–Kier alpha value is -1.93. The molecule has 1 N–H and O–H groups in total. The van der Waals surface area contributed by atoms with E-state index in [-0.39, 0.29) is 9.92 Å². The van der Waals surface area contributed by atoms with Crippen molar-refractivity contribution in [2.24, 2.45) is 0 Å². The fraction of sp³-hybridized carbons (Fsp3) is 0.353. The van der Waals surface area contributed by atoms with E-state index >= 15 is 0 Å². The first-order valence-electron chi connectivity index (χ1n) is 7.65. The van der Waals surface area contributed by atoms with Gasteiger partial charge in [0.25, 0.3) is 0 Å². The van der Waals surface area contributed by atoms with Crippen molar-refractivity contribution in [2.45, 2.75) is 42.0 Å². The Morgan fingerprint density at radius 1 is 0.960 bits per heavy atom. The van der Waals surface area contributed by atoms with Gasteiger partial charge in [0.2, 0.25) is 0 Å². The number of hydrogen-bond acceptors (Lipinski definition) is 6. The number of pyridine rings is 1. The molecule has 0 bridgehead atoms. The second kappa shape index (κ2) is 6.76. The molecule has 1 heterocycles. The van der Waals surface area contributed by atoms with Crippen molar-refractivity contribution < 1.29 is 16.8 Å². The maximum atomic E-state index is 12.3. The second-order valence-electron chi connectivity index (χ2n) is 6.77. The van der Waals surface area contributed by atoms with E-state index in [0.717, 1.165) is 5.56 Å². The minimum absolute atomic E-state index is 0.0445. The number of aromatic nitrogens is 1. The number of nitrogens with one attached hydrogen (secondary N) is 1. The highest BCUT2D eigenvalue weighted by Crippen LogP contribution is 2.24. The first kappa shape index (κ1) is 19.4. The van der Waals surface area contributed by atoms with Crippen molar-refractivity contribution in [3.05, 3.63) is 48.2 Å². The molecular formula is C17H22N2O4S2. The second-order valence-corrected chi connectivity index (χ2v) is 11.4. The molecule has 25 heavy (non-hydrogen) atoms. The molecule has 0 radical (unpaired) electrons. The zero-order valence-electron chi connectivity index (χ0n) is 14.6. The third-order valence-corrected chi connectivity index (χ3v) is 7.20. The number of anilines is 1. The van der Waals surface area contributed by atoms with Gasteiger partial charge in [-0.2, -0.15) is 0 Å². The van der Waals surface area contributed by atoms with Crippen LogP contribution in [0.4, 0.5) is 5.69 Å². The number of benzene rings is 1. The molecule has 1 aromatic carbocycles. The van der Waals surface area contributed by atoms with E-state index in [2.05, 4.69) is 10.3 Å². The van der Waals surface area contributed by atoms with Crippen molar-refractivity contribution in [1.82, 2.24) is 4.98 Å². The van der Waals surface area contributed by atoms with E-state index in [4.69, 9.17) is 0 Å². The summed E-state index contributed by atoms with van der Waals surface area (Å²) in [5, 5.41) is 3.17. The molecule has 0 spiro atoms. The highest BCUT2D eigenvalue weighted by Gasteiger charge is 2.31. The Kier molecular flexibility index (Phi) is 5.24. The predicted molar refractivity (Wildman–Crippen MR) is 98.1 cm³/mol. The molecule has 0 amide bonds. The van der Waals surface area contributed by atoms with Gasteiger partial charge in [-0.15, -0.1) is 0 Å². The fourth-order valence-electron chi connectivity index (χ4n) is 2.02. The Morgan fingerprint density at radius 2 is 1.56 bits per heavy atom. The largest absolute Gasteiger partial charge is 0.380 e. The van der Waals surface area contributed by atoms with Gasteiger partial charge in [-0.25, -0.2) is 21.8 Å². The Labute approximate surface area is 149 Å². The Bertz CT molecular complexity index is 941. The monoisotopic (exact) mass is 382 g/mol. The fourth-order valence-corrected chi connectivity index (χ4v) is 3.71. The van der Waals surface area contributed by atoms with Crippen molar-refractivity contribution >= 4 is 25.4 Å². The normalized spacial score (nSPS) is 12.8. The molecule has 8 heteroatoms. The van der Waals surface area contributed by atoms with E-state index in [9.17, 15) is 16.8 Å². The molecular weight excluding hydrogens is 360 g/mol. The van der Waals surface area contributed by atoms with Crippen LogP contribution in [-0.2, 0) is 26.2 Å². The van der Waals surface area contributed by atoms with Crippen LogP contribution in [0.2, 0.25) is 0 Å². The Morgan fingerprint density at radius 3 is 2.00 bits per heavy atom. The van der Waals surface area contributed by atoms with Gasteiger partial charge in [-0.1, -0.05) is 12.1 Å². The lowest BCUT2D eigenvalue weighted by Crippen LogP contribution is -2.28. The average molecular weight is 383 g/mol. The van der Waals surface area contributed by atoms with Crippen LogP contribution in [0.5, 0.6) is 0 Å². The maximum absolute atomic E-state index is 12.3. The molecule has 6 nitrogen and oxygen atoms in total. The molecule has 0 atom stereocenters. The standard InChI is InChI=1S/C17H22N2O4S2/c1-17(2,3)25(22,23)16-10-7-14(12-19-16)18-11-13-5-8-15(9-6-13)24(4,20)21/h5-10,12,18H,11H2,1-4H3. The van der Waals surface area contributed by atoms with Crippen LogP contribution in [-0.4, -0.2) is 32.8 Å². The van der Waals surface area contributed by atoms with Gasteiger partial charge < -0.3 is 5.32 Å². The van der Waals surface area contributed by atoms with Gasteiger partial charge in [0.05, 0.1) is 21.5 Å². The number of rotatable bonds is 5. The van der Waals surface area contributed by atoms with Crippen molar-refractivity contribution in [1.29, 1.82) is 0 Å². The average Bonchev–Trinajstić information content (AvgIpc) is 2.52. The SMILES string of the molecule is CC(C)(C)S(=O)(=O)c1ccc(NCc2ccc(S(C)(=O)=O)cc2)cn1. The minimum Gasteiger partial charge on any atom is -0.380 e. The zero-order valence-corrected chi connectivity index (χ0v) is 16.3. The summed E-state index contributed by atoms with van der Waals surface area (Å²) in [5.74, 6) is 0. The lowest BCUT2D eigenvalue weighted by Gasteiger charge is -2.18. The molecule has 0 fully saturated rings. The lowest BCUT2D eigenvalue weighted by atomic mass is 10.2. The van der Waals surface area contributed by atoms with Crippen LogP contribution < -0.4 is 5.32 Å². The van der Waals surface area contributed by atoms with Crippen LogP contribution in [0.15, 0.2) is 52.5 Å². The molecule has 2 rings (SSSR count). The van der Waals surface area contributed by atoms with Crippen LogP contribution >= 0.6 is 0 Å². The maximum Gasteiger partial charge on any atom is 0.200 e. The van der Waals surface area contributed by atoms with Gasteiger partial charge >= 0.3 is 0 Å². The summed E-state index contributed by atoms with van der Waals surface area (Å²) < 4.78 is 46.6. The summed E-state index contributed by atoms with van der Waals surface area (Å²) in [6.07, 6.45) is 2.64. The van der Waals surface area contributed by atoms with Gasteiger partial charge in [0.15, 0.2) is 24.7 Å². The summed E-state index contributed by atoms with van der Waals surface area (Å²) in [6, 6.07) is 9.73. The van der Waals surface area contributed by atoms with Crippen molar-refractivity contribution in [3.8, 4) is 0 Å². The molecule has 0 saturated heterocycles. The molecule has 0 aliphatic rings. The predicted octanol–water partition coefficient (Wildman–Crippen LogP) is 2.67. The van der Waals surface area contributed by atoms with Crippen LogP contribution in [0, 0.1) is 0 Å². The van der Waals surface area contributed by atoms with E-state index in [0.29, 0.717) is 12.2 Å². The molecule has 1 aromatic heterocycles. The highest BCUT2D eigenvalue weighted by molar-refractivity contribution is 7.92. The van der Waals surface area contributed by atoms with Gasteiger partial charge in [-0.3, -0.25) is 0 Å². The molecule has 0 saturated carbocycles. The number of hydrogen-bond donors (Lipinski definition) is 1. The van der Waals surface area contributed by atoms with Gasteiger partial charge in [0.1, 0.15) is 0 Å². The summed E-state index contributed by atoms with van der Waals surface area (Å²) in [7, 11) is -6.68. The zero-order chi connectivity index (χ0) is 18.9. The lowest BCUT2D eigenvalue weighted by molar-refractivity contribution is 0.556. The Balaban J connectivity index is 2.08. The summed E-state index contributed by atoms with van der Waals surface area (Å²) in [5.41, 5.74) is 1.58. The van der Waals surface area contributed by atoms with Crippen LogP contribution in [0.25, 0.3) is 0 Å². The molecule has 136 valence electrons. The number of nitrogens with zero attached hydrogens (tertiary/aromatic N) is 1. The molecule has 2 aromatic rings. The quantitative estimate of drug-likeness (QED) is 0.854. The molecule has 0 aliphatic carbocycles. The van der Waals surface area contributed by atoms with E-state index in [1.54, 1.807) is 51.1 Å². The van der Waals surface area contributed by atoms with Gasteiger partial charge in [-0.05, 0) is 50.6 Å². The number of sulfone groups is 2. The van der Waals surface area contributed by atoms with Crippen LogP contribution in [0.3, 0.4) is 0 Å².